The van der Waals surface area contributed by atoms with Crippen LogP contribution in [0.25, 0.3) is 0 Å². The highest BCUT2D eigenvalue weighted by atomic mass is 32.1. The summed E-state index contributed by atoms with van der Waals surface area (Å²) in [6.45, 7) is 5.11. The van der Waals surface area contributed by atoms with Crippen molar-refractivity contribution in [1.29, 1.82) is 0 Å². The van der Waals surface area contributed by atoms with Crippen LogP contribution in [0.3, 0.4) is 0 Å². The van der Waals surface area contributed by atoms with E-state index in [1.165, 1.54) is 9.75 Å². The first-order chi connectivity index (χ1) is 9.47. The van der Waals surface area contributed by atoms with Crippen LogP contribution in [0.5, 0.6) is 0 Å². The third kappa shape index (κ3) is 3.46. The lowest BCUT2D eigenvalue weighted by Crippen LogP contribution is -2.21. The predicted octanol–water partition coefficient (Wildman–Crippen LogP) is 3.95. The van der Waals surface area contributed by atoms with Gasteiger partial charge in [-0.2, -0.15) is 0 Å². The normalized spacial score (nSPS) is 12.6. The molecule has 106 valence electrons. The van der Waals surface area contributed by atoms with E-state index in [1.54, 1.807) is 12.1 Å². The van der Waals surface area contributed by atoms with Crippen molar-refractivity contribution in [2.24, 2.45) is 0 Å². The molecule has 2 aromatic rings. The van der Waals surface area contributed by atoms with E-state index < -0.39 is 5.97 Å². The number of hydrogen-bond donors (Lipinski definition) is 1. The molecule has 0 spiro atoms. The van der Waals surface area contributed by atoms with Gasteiger partial charge in [0.1, 0.15) is 0 Å². The fraction of sp³-hybridized carbons (Fsp3) is 0.312. The van der Waals surface area contributed by atoms with Crippen LogP contribution in [-0.2, 0) is 6.54 Å². The van der Waals surface area contributed by atoms with Crippen LogP contribution in [0.2, 0.25) is 0 Å². The Bertz CT molecular complexity index is 589. The van der Waals surface area contributed by atoms with E-state index in [1.807, 2.05) is 23.5 Å². The minimum Gasteiger partial charge on any atom is -0.478 e. The number of carbonyl (C=O) groups is 1. The molecule has 0 fully saturated rings. The minimum atomic E-state index is -0.882. The topological polar surface area (TPSA) is 40.5 Å². The van der Waals surface area contributed by atoms with Crippen molar-refractivity contribution in [3.63, 3.8) is 0 Å². The summed E-state index contributed by atoms with van der Waals surface area (Å²) in [5.74, 6) is -0.882. The van der Waals surface area contributed by atoms with Crippen LogP contribution < -0.4 is 0 Å². The van der Waals surface area contributed by atoms with Gasteiger partial charge in [-0.05, 0) is 50.7 Å². The Morgan fingerprint density at radius 3 is 2.40 bits per heavy atom. The zero-order chi connectivity index (χ0) is 14.7. The minimum absolute atomic E-state index is 0.332. The fourth-order valence-corrected chi connectivity index (χ4v) is 3.07. The van der Waals surface area contributed by atoms with Gasteiger partial charge in [-0.3, -0.25) is 4.90 Å². The van der Waals surface area contributed by atoms with Crippen molar-refractivity contribution in [3.8, 4) is 0 Å². The molecule has 1 atom stereocenters. The molecule has 0 saturated heterocycles. The molecule has 3 nitrogen and oxygen atoms in total. The van der Waals surface area contributed by atoms with Crippen LogP contribution in [0, 0.1) is 6.92 Å². The SMILES string of the molecule is Cc1ccc(C(C)N(C)Cc2ccc(C(=O)O)cc2)s1. The van der Waals surface area contributed by atoms with E-state index in [4.69, 9.17) is 5.11 Å². The summed E-state index contributed by atoms with van der Waals surface area (Å²) in [7, 11) is 2.09. The summed E-state index contributed by atoms with van der Waals surface area (Å²) in [5.41, 5.74) is 1.45. The molecular formula is C16H19NO2S. The lowest BCUT2D eigenvalue weighted by molar-refractivity contribution is 0.0697. The zero-order valence-electron chi connectivity index (χ0n) is 12.0. The molecular weight excluding hydrogens is 270 g/mol. The molecule has 1 unspecified atom stereocenters. The number of benzene rings is 1. The smallest absolute Gasteiger partial charge is 0.335 e. The highest BCUT2D eigenvalue weighted by molar-refractivity contribution is 7.12. The van der Waals surface area contributed by atoms with E-state index in [0.29, 0.717) is 11.6 Å². The highest BCUT2D eigenvalue weighted by Crippen LogP contribution is 2.27. The zero-order valence-corrected chi connectivity index (χ0v) is 12.8. The van der Waals surface area contributed by atoms with Crippen molar-refractivity contribution >= 4 is 17.3 Å². The lowest BCUT2D eigenvalue weighted by atomic mass is 10.1. The van der Waals surface area contributed by atoms with E-state index in [2.05, 4.69) is 37.9 Å². The molecule has 0 amide bonds. The number of thiophene rings is 1. The van der Waals surface area contributed by atoms with Gasteiger partial charge in [0.2, 0.25) is 0 Å². The van der Waals surface area contributed by atoms with Crippen LogP contribution in [0.1, 0.15) is 38.6 Å². The molecule has 1 aromatic heterocycles. The first-order valence-corrected chi connectivity index (χ1v) is 7.38. The Labute approximate surface area is 123 Å². The fourth-order valence-electron chi connectivity index (χ4n) is 2.07. The van der Waals surface area contributed by atoms with E-state index in [-0.39, 0.29) is 0 Å². The Morgan fingerprint density at radius 2 is 1.90 bits per heavy atom. The second kappa shape index (κ2) is 6.20. The quantitative estimate of drug-likeness (QED) is 0.906. The van der Waals surface area contributed by atoms with Gasteiger partial charge >= 0.3 is 5.97 Å². The molecule has 0 bridgehead atoms. The van der Waals surface area contributed by atoms with Crippen LogP contribution >= 0.6 is 11.3 Å². The Balaban J connectivity index is 2.03. The van der Waals surface area contributed by atoms with Crippen molar-refractivity contribution in [3.05, 3.63) is 57.3 Å². The van der Waals surface area contributed by atoms with E-state index in [9.17, 15) is 4.79 Å². The third-order valence-corrected chi connectivity index (χ3v) is 4.64. The number of aromatic carboxylic acids is 1. The average molecular weight is 289 g/mol. The number of carboxylic acid groups (broad SMARTS) is 1. The van der Waals surface area contributed by atoms with Crippen molar-refractivity contribution < 1.29 is 9.90 Å². The van der Waals surface area contributed by atoms with Crippen LogP contribution in [0.15, 0.2) is 36.4 Å². The molecule has 0 radical (unpaired) electrons. The van der Waals surface area contributed by atoms with Gasteiger partial charge in [-0.15, -0.1) is 11.3 Å². The first kappa shape index (κ1) is 14.8. The van der Waals surface area contributed by atoms with Crippen molar-refractivity contribution in [2.75, 3.05) is 7.05 Å². The number of hydrogen-bond acceptors (Lipinski definition) is 3. The van der Waals surface area contributed by atoms with E-state index >= 15 is 0 Å². The summed E-state index contributed by atoms with van der Waals surface area (Å²) in [5, 5.41) is 8.89. The maximum Gasteiger partial charge on any atom is 0.335 e. The van der Waals surface area contributed by atoms with Crippen molar-refractivity contribution in [2.45, 2.75) is 26.4 Å². The van der Waals surface area contributed by atoms with Gasteiger partial charge in [-0.25, -0.2) is 4.79 Å². The Morgan fingerprint density at radius 1 is 1.25 bits per heavy atom. The number of nitrogens with zero attached hydrogens (tertiary/aromatic N) is 1. The predicted molar refractivity (Wildman–Crippen MR) is 82.3 cm³/mol. The summed E-state index contributed by atoms with van der Waals surface area (Å²) < 4.78 is 0. The van der Waals surface area contributed by atoms with Gasteiger partial charge in [0.15, 0.2) is 0 Å². The lowest BCUT2D eigenvalue weighted by Gasteiger charge is -2.23. The largest absolute Gasteiger partial charge is 0.478 e. The first-order valence-electron chi connectivity index (χ1n) is 6.56. The second-order valence-electron chi connectivity index (χ2n) is 5.04. The molecule has 0 aliphatic rings. The average Bonchev–Trinajstić information content (AvgIpc) is 2.85. The number of carboxylic acids is 1. The third-order valence-electron chi connectivity index (χ3n) is 3.47. The summed E-state index contributed by atoms with van der Waals surface area (Å²) in [6.07, 6.45) is 0. The van der Waals surface area contributed by atoms with Crippen LogP contribution in [0.4, 0.5) is 0 Å². The molecule has 1 heterocycles. The number of aryl methyl sites for hydroxylation is 1. The monoisotopic (exact) mass is 289 g/mol. The summed E-state index contributed by atoms with van der Waals surface area (Å²) in [6, 6.07) is 11.8. The highest BCUT2D eigenvalue weighted by Gasteiger charge is 2.13. The molecule has 1 aromatic carbocycles. The Kier molecular flexibility index (Phi) is 4.57. The van der Waals surface area contributed by atoms with Crippen LogP contribution in [-0.4, -0.2) is 23.0 Å². The standard InChI is InChI=1S/C16H19NO2S/c1-11-4-9-15(20-11)12(2)17(3)10-13-5-7-14(8-6-13)16(18)19/h4-9,12H,10H2,1-3H3,(H,18,19). The molecule has 0 aliphatic heterocycles. The number of rotatable bonds is 5. The molecule has 2 rings (SSSR count). The molecule has 4 heteroatoms. The second-order valence-corrected chi connectivity index (χ2v) is 6.36. The van der Waals surface area contributed by atoms with Gasteiger partial charge in [0.25, 0.3) is 0 Å². The van der Waals surface area contributed by atoms with Gasteiger partial charge in [0, 0.05) is 22.3 Å². The molecule has 0 saturated carbocycles. The summed E-state index contributed by atoms with van der Waals surface area (Å²) in [4.78, 5) is 15.8. The molecule has 1 N–H and O–H groups in total. The van der Waals surface area contributed by atoms with Gasteiger partial charge in [-0.1, -0.05) is 12.1 Å². The molecule has 20 heavy (non-hydrogen) atoms. The van der Waals surface area contributed by atoms with Gasteiger partial charge < -0.3 is 5.11 Å². The maximum absolute atomic E-state index is 10.8. The molecule has 0 aliphatic carbocycles. The van der Waals surface area contributed by atoms with Crippen molar-refractivity contribution in [1.82, 2.24) is 4.90 Å². The summed E-state index contributed by atoms with van der Waals surface area (Å²) >= 11 is 1.82. The maximum atomic E-state index is 10.8. The van der Waals surface area contributed by atoms with E-state index in [0.717, 1.165) is 12.1 Å². The Hall–Kier alpha value is -1.65. The van der Waals surface area contributed by atoms with Gasteiger partial charge in [0.05, 0.1) is 5.56 Å².